The van der Waals surface area contributed by atoms with Crippen LogP contribution in [0.2, 0.25) is 0 Å². The summed E-state index contributed by atoms with van der Waals surface area (Å²) in [7, 11) is -3.57. The number of carboxylic acid groups (broad SMARTS) is 1. The topological polar surface area (TPSA) is 104 Å². The van der Waals surface area contributed by atoms with Crippen LogP contribution in [0.1, 0.15) is 56.3 Å². The van der Waals surface area contributed by atoms with Crippen LogP contribution in [0.25, 0.3) is 0 Å². The number of sulfonamides is 1. The van der Waals surface area contributed by atoms with Crippen molar-refractivity contribution < 1.29 is 23.1 Å². The minimum atomic E-state index is -3.57. The molecule has 0 radical (unpaired) electrons. The standard InChI is InChI=1S/C19H28N2O5S/c1-3-4-5-17(19(23)24)20-18(22)15-6-8-16(9-7-15)27(25,26)21-12-10-14(2)11-13-21/h6-9,14,17H,3-5,10-13H2,1-2H3,(H,20,22)(H,23,24). The van der Waals surface area contributed by atoms with Crippen molar-refractivity contribution in [1.82, 2.24) is 9.62 Å². The molecule has 1 unspecified atom stereocenters. The minimum absolute atomic E-state index is 0.148. The smallest absolute Gasteiger partial charge is 0.326 e. The van der Waals surface area contributed by atoms with E-state index >= 15 is 0 Å². The van der Waals surface area contributed by atoms with E-state index in [0.29, 0.717) is 31.8 Å². The van der Waals surface area contributed by atoms with E-state index in [2.05, 4.69) is 12.2 Å². The molecule has 7 nitrogen and oxygen atoms in total. The lowest BCUT2D eigenvalue weighted by Gasteiger charge is -2.29. The monoisotopic (exact) mass is 396 g/mol. The summed E-state index contributed by atoms with van der Waals surface area (Å²) in [4.78, 5) is 23.7. The number of amides is 1. The molecule has 1 aromatic carbocycles. The molecule has 8 heteroatoms. The zero-order chi connectivity index (χ0) is 20.0. The van der Waals surface area contributed by atoms with Crippen LogP contribution in [0.15, 0.2) is 29.2 Å². The fraction of sp³-hybridized carbons (Fsp3) is 0.579. The molecule has 0 bridgehead atoms. The molecule has 1 saturated heterocycles. The van der Waals surface area contributed by atoms with Gasteiger partial charge in [-0.15, -0.1) is 0 Å². The Morgan fingerprint density at radius 1 is 1.22 bits per heavy atom. The molecular weight excluding hydrogens is 368 g/mol. The quantitative estimate of drug-likeness (QED) is 0.702. The number of unbranched alkanes of at least 4 members (excludes halogenated alkanes) is 1. The Morgan fingerprint density at radius 2 is 1.81 bits per heavy atom. The molecule has 0 aromatic heterocycles. The van der Waals surface area contributed by atoms with Gasteiger partial charge in [0.2, 0.25) is 10.0 Å². The third-order valence-corrected chi connectivity index (χ3v) is 6.86. The third kappa shape index (κ3) is 5.52. The van der Waals surface area contributed by atoms with Gasteiger partial charge in [-0.05, 0) is 49.4 Å². The average molecular weight is 397 g/mol. The van der Waals surface area contributed by atoms with Crippen LogP contribution in [0.5, 0.6) is 0 Å². The first-order valence-electron chi connectivity index (χ1n) is 9.39. The second kappa shape index (κ2) is 9.32. The van der Waals surface area contributed by atoms with Gasteiger partial charge in [0, 0.05) is 18.7 Å². The molecule has 0 spiro atoms. The summed E-state index contributed by atoms with van der Waals surface area (Å²) < 4.78 is 26.9. The summed E-state index contributed by atoms with van der Waals surface area (Å²) in [5.74, 6) is -1.07. The van der Waals surface area contributed by atoms with Gasteiger partial charge >= 0.3 is 5.97 Å². The van der Waals surface area contributed by atoms with E-state index in [1.54, 1.807) is 0 Å². The van der Waals surface area contributed by atoms with Crippen LogP contribution < -0.4 is 5.32 Å². The van der Waals surface area contributed by atoms with Crippen molar-refractivity contribution in [3.63, 3.8) is 0 Å². The van der Waals surface area contributed by atoms with Gasteiger partial charge in [-0.3, -0.25) is 4.79 Å². The van der Waals surface area contributed by atoms with Crippen LogP contribution in [0, 0.1) is 5.92 Å². The second-order valence-corrected chi connectivity index (χ2v) is 9.06. The normalized spacial score (nSPS) is 17.4. The number of carboxylic acids is 1. The zero-order valence-corrected chi connectivity index (χ0v) is 16.7. The summed E-state index contributed by atoms with van der Waals surface area (Å²) in [5.41, 5.74) is 0.240. The van der Waals surface area contributed by atoms with Gasteiger partial charge in [0.25, 0.3) is 5.91 Å². The van der Waals surface area contributed by atoms with Crippen molar-refractivity contribution in [2.24, 2.45) is 5.92 Å². The Morgan fingerprint density at radius 3 is 2.33 bits per heavy atom. The lowest BCUT2D eigenvalue weighted by Crippen LogP contribution is -2.40. The number of nitrogens with one attached hydrogen (secondary N) is 1. The van der Waals surface area contributed by atoms with Gasteiger partial charge in [0.15, 0.2) is 0 Å². The summed E-state index contributed by atoms with van der Waals surface area (Å²) in [6.07, 6.45) is 3.57. The molecule has 2 N–H and O–H groups in total. The van der Waals surface area contributed by atoms with Gasteiger partial charge in [-0.1, -0.05) is 26.7 Å². The van der Waals surface area contributed by atoms with Crippen molar-refractivity contribution in [1.29, 1.82) is 0 Å². The number of piperidine rings is 1. The number of benzene rings is 1. The zero-order valence-electron chi connectivity index (χ0n) is 15.8. The summed E-state index contributed by atoms with van der Waals surface area (Å²) in [6.45, 7) is 5.07. The van der Waals surface area contributed by atoms with Gasteiger partial charge < -0.3 is 10.4 Å². The minimum Gasteiger partial charge on any atom is -0.480 e. The van der Waals surface area contributed by atoms with Crippen LogP contribution in [0.3, 0.4) is 0 Å². The molecular formula is C19H28N2O5S. The van der Waals surface area contributed by atoms with Crippen LogP contribution in [-0.2, 0) is 14.8 Å². The predicted octanol–water partition coefficient (Wildman–Crippen LogP) is 2.48. The van der Waals surface area contributed by atoms with Crippen molar-refractivity contribution in [2.75, 3.05) is 13.1 Å². The molecule has 27 heavy (non-hydrogen) atoms. The van der Waals surface area contributed by atoms with E-state index in [4.69, 9.17) is 0 Å². The molecule has 0 saturated carbocycles. The second-order valence-electron chi connectivity index (χ2n) is 7.12. The molecule has 1 amide bonds. The first kappa shape index (κ1) is 21.4. The van der Waals surface area contributed by atoms with E-state index in [9.17, 15) is 23.1 Å². The predicted molar refractivity (Wildman–Crippen MR) is 102 cm³/mol. The number of rotatable bonds is 8. The highest BCUT2D eigenvalue weighted by atomic mass is 32.2. The highest BCUT2D eigenvalue weighted by Crippen LogP contribution is 2.23. The third-order valence-electron chi connectivity index (χ3n) is 4.95. The highest BCUT2D eigenvalue weighted by Gasteiger charge is 2.28. The Bertz CT molecular complexity index is 753. The Balaban J connectivity index is 2.07. The first-order valence-corrected chi connectivity index (χ1v) is 10.8. The van der Waals surface area contributed by atoms with Crippen LogP contribution in [-0.4, -0.2) is 48.8 Å². The summed E-state index contributed by atoms with van der Waals surface area (Å²) >= 11 is 0. The number of hydrogen-bond donors (Lipinski definition) is 2. The number of hydrogen-bond acceptors (Lipinski definition) is 4. The Kier molecular flexibility index (Phi) is 7.38. The van der Waals surface area contributed by atoms with Crippen molar-refractivity contribution in [3.05, 3.63) is 29.8 Å². The maximum Gasteiger partial charge on any atom is 0.326 e. The fourth-order valence-electron chi connectivity index (χ4n) is 3.06. The van der Waals surface area contributed by atoms with E-state index in [1.807, 2.05) is 6.92 Å². The van der Waals surface area contributed by atoms with E-state index < -0.39 is 27.9 Å². The summed E-state index contributed by atoms with van der Waals surface area (Å²) in [6, 6.07) is 4.71. The van der Waals surface area contributed by atoms with Gasteiger partial charge in [-0.2, -0.15) is 4.31 Å². The lowest BCUT2D eigenvalue weighted by atomic mass is 10.0. The highest BCUT2D eigenvalue weighted by molar-refractivity contribution is 7.89. The molecule has 1 aromatic rings. The van der Waals surface area contributed by atoms with Crippen LogP contribution in [0.4, 0.5) is 0 Å². The molecule has 1 aliphatic heterocycles. The maximum absolute atomic E-state index is 12.7. The molecule has 1 fully saturated rings. The van der Waals surface area contributed by atoms with Crippen molar-refractivity contribution in [2.45, 2.75) is 56.9 Å². The molecule has 150 valence electrons. The van der Waals surface area contributed by atoms with E-state index in [-0.39, 0.29) is 10.5 Å². The van der Waals surface area contributed by atoms with Crippen molar-refractivity contribution in [3.8, 4) is 0 Å². The first-order chi connectivity index (χ1) is 12.8. The molecule has 2 rings (SSSR count). The Hall–Kier alpha value is -1.93. The number of nitrogens with zero attached hydrogens (tertiary/aromatic N) is 1. The molecule has 1 heterocycles. The average Bonchev–Trinajstić information content (AvgIpc) is 2.65. The SMILES string of the molecule is CCCCC(NC(=O)c1ccc(S(=O)(=O)N2CCC(C)CC2)cc1)C(=O)O. The fourth-order valence-corrected chi connectivity index (χ4v) is 4.53. The van der Waals surface area contributed by atoms with Gasteiger partial charge in [0.05, 0.1) is 4.90 Å². The maximum atomic E-state index is 12.7. The Labute approximate surface area is 160 Å². The van der Waals surface area contributed by atoms with Crippen LogP contribution >= 0.6 is 0 Å². The van der Waals surface area contributed by atoms with E-state index in [1.165, 1.54) is 28.6 Å². The van der Waals surface area contributed by atoms with Crippen molar-refractivity contribution >= 4 is 21.9 Å². The van der Waals surface area contributed by atoms with E-state index in [0.717, 1.165) is 19.3 Å². The summed E-state index contributed by atoms with van der Waals surface area (Å²) in [5, 5.41) is 11.7. The molecule has 1 atom stereocenters. The molecule has 0 aliphatic carbocycles. The number of aliphatic carboxylic acids is 1. The molecule has 1 aliphatic rings. The largest absolute Gasteiger partial charge is 0.480 e. The van der Waals surface area contributed by atoms with Gasteiger partial charge in [-0.25, -0.2) is 13.2 Å². The number of carbonyl (C=O) groups excluding carboxylic acids is 1. The van der Waals surface area contributed by atoms with Gasteiger partial charge in [0.1, 0.15) is 6.04 Å². The number of carbonyl (C=O) groups is 2. The lowest BCUT2D eigenvalue weighted by molar-refractivity contribution is -0.139.